The summed E-state index contributed by atoms with van der Waals surface area (Å²) in [5, 5.41) is 12.8. The first-order valence-corrected chi connectivity index (χ1v) is 7.18. The summed E-state index contributed by atoms with van der Waals surface area (Å²) in [6.07, 6.45) is 4.22. The molecule has 0 amide bonds. The molecule has 1 nitrogen and oxygen atoms in total. The van der Waals surface area contributed by atoms with Gasteiger partial charge in [0.1, 0.15) is 0 Å². The van der Waals surface area contributed by atoms with Gasteiger partial charge < -0.3 is 5.11 Å². The Morgan fingerprint density at radius 1 is 1.38 bits per heavy atom. The van der Waals surface area contributed by atoms with Gasteiger partial charge in [0.05, 0.1) is 5.60 Å². The van der Waals surface area contributed by atoms with Crippen LogP contribution in [0.25, 0.3) is 0 Å². The van der Waals surface area contributed by atoms with Crippen molar-refractivity contribution in [2.75, 3.05) is 0 Å². The van der Waals surface area contributed by atoms with E-state index in [2.05, 4.69) is 32.2 Å². The third-order valence-electron chi connectivity index (χ3n) is 4.16. The van der Waals surface area contributed by atoms with Crippen molar-refractivity contribution >= 4 is 11.3 Å². The Hall–Kier alpha value is -0.340. The summed E-state index contributed by atoms with van der Waals surface area (Å²) in [7, 11) is 0. The molecule has 2 heteroatoms. The SMILES string of the molecule is Cc1sccc1C1(O)CCC(C(C)C)CC1. The van der Waals surface area contributed by atoms with E-state index in [0.29, 0.717) is 0 Å². The van der Waals surface area contributed by atoms with E-state index in [9.17, 15) is 5.11 Å². The van der Waals surface area contributed by atoms with Gasteiger partial charge in [-0.05, 0) is 61.5 Å². The smallest absolute Gasteiger partial charge is 0.0907 e. The van der Waals surface area contributed by atoms with Gasteiger partial charge in [0.15, 0.2) is 0 Å². The quantitative estimate of drug-likeness (QED) is 0.822. The molecule has 2 rings (SSSR count). The fourth-order valence-electron chi connectivity index (χ4n) is 2.92. The zero-order valence-corrected chi connectivity index (χ0v) is 11.3. The van der Waals surface area contributed by atoms with Crippen molar-refractivity contribution in [1.29, 1.82) is 0 Å². The van der Waals surface area contributed by atoms with Gasteiger partial charge >= 0.3 is 0 Å². The molecule has 90 valence electrons. The predicted molar refractivity (Wildman–Crippen MR) is 69.7 cm³/mol. The van der Waals surface area contributed by atoms with Crippen molar-refractivity contribution < 1.29 is 5.11 Å². The van der Waals surface area contributed by atoms with Crippen LogP contribution in [0.2, 0.25) is 0 Å². The Morgan fingerprint density at radius 2 is 2.00 bits per heavy atom. The van der Waals surface area contributed by atoms with Gasteiger partial charge in [0, 0.05) is 4.88 Å². The molecule has 0 aromatic carbocycles. The van der Waals surface area contributed by atoms with Gasteiger partial charge in [-0.3, -0.25) is 0 Å². The summed E-state index contributed by atoms with van der Waals surface area (Å²) in [6, 6.07) is 2.11. The lowest BCUT2D eigenvalue weighted by Crippen LogP contribution is -2.33. The molecule has 0 saturated heterocycles. The molecule has 0 aliphatic heterocycles. The van der Waals surface area contributed by atoms with Crippen LogP contribution < -0.4 is 0 Å². The number of hydrogen-bond donors (Lipinski definition) is 1. The topological polar surface area (TPSA) is 20.2 Å². The molecule has 0 spiro atoms. The van der Waals surface area contributed by atoms with E-state index < -0.39 is 5.60 Å². The van der Waals surface area contributed by atoms with E-state index in [1.807, 2.05) is 0 Å². The third-order valence-corrected chi connectivity index (χ3v) is 5.01. The average Bonchev–Trinajstić information content (AvgIpc) is 2.66. The van der Waals surface area contributed by atoms with E-state index in [4.69, 9.17) is 0 Å². The van der Waals surface area contributed by atoms with Crippen LogP contribution in [-0.2, 0) is 5.60 Å². The van der Waals surface area contributed by atoms with Crippen LogP contribution in [0.5, 0.6) is 0 Å². The van der Waals surface area contributed by atoms with E-state index >= 15 is 0 Å². The highest BCUT2D eigenvalue weighted by Crippen LogP contribution is 2.43. The predicted octanol–water partition coefficient (Wildman–Crippen LogP) is 4.09. The minimum absolute atomic E-state index is 0.532. The average molecular weight is 238 g/mol. The molecule has 1 aromatic heterocycles. The summed E-state index contributed by atoms with van der Waals surface area (Å²) >= 11 is 1.74. The maximum absolute atomic E-state index is 10.7. The van der Waals surface area contributed by atoms with Gasteiger partial charge in [-0.2, -0.15) is 0 Å². The Labute approximate surface area is 103 Å². The van der Waals surface area contributed by atoms with Gasteiger partial charge in [-0.25, -0.2) is 0 Å². The van der Waals surface area contributed by atoms with Gasteiger partial charge in [-0.1, -0.05) is 13.8 Å². The number of aryl methyl sites for hydroxylation is 1. The second-order valence-electron chi connectivity index (χ2n) is 5.50. The molecule has 1 N–H and O–H groups in total. The molecule has 1 saturated carbocycles. The molecule has 1 heterocycles. The molecule has 16 heavy (non-hydrogen) atoms. The fourth-order valence-corrected chi connectivity index (χ4v) is 3.71. The van der Waals surface area contributed by atoms with Gasteiger partial charge in [0.25, 0.3) is 0 Å². The largest absolute Gasteiger partial charge is 0.385 e. The number of aliphatic hydroxyl groups is 1. The van der Waals surface area contributed by atoms with Crippen LogP contribution >= 0.6 is 11.3 Å². The first kappa shape index (κ1) is 12.1. The van der Waals surface area contributed by atoms with Crippen molar-refractivity contribution in [1.82, 2.24) is 0 Å². The molecule has 0 unspecified atom stereocenters. The molecule has 0 bridgehead atoms. The standard InChI is InChI=1S/C14H22OS/c1-10(2)12-4-7-14(15,8-5-12)13-6-9-16-11(13)3/h6,9-10,12,15H,4-5,7-8H2,1-3H3. The Bertz CT molecular complexity index is 345. The Balaban J connectivity index is 2.10. The fraction of sp³-hybridized carbons (Fsp3) is 0.714. The highest BCUT2D eigenvalue weighted by Gasteiger charge is 2.36. The van der Waals surface area contributed by atoms with Crippen LogP contribution in [0.3, 0.4) is 0 Å². The van der Waals surface area contributed by atoms with Crippen molar-refractivity contribution in [2.45, 2.75) is 52.1 Å². The summed E-state index contributed by atoms with van der Waals surface area (Å²) in [6.45, 7) is 6.71. The molecule has 0 atom stereocenters. The second-order valence-corrected chi connectivity index (χ2v) is 6.62. The zero-order valence-electron chi connectivity index (χ0n) is 10.5. The van der Waals surface area contributed by atoms with Crippen molar-refractivity contribution in [3.05, 3.63) is 21.9 Å². The molecule has 1 fully saturated rings. The normalized spacial score (nSPS) is 30.9. The maximum Gasteiger partial charge on any atom is 0.0907 e. The molecule has 1 aliphatic carbocycles. The lowest BCUT2D eigenvalue weighted by molar-refractivity contribution is -0.0200. The number of thiophene rings is 1. The highest BCUT2D eigenvalue weighted by molar-refractivity contribution is 7.10. The maximum atomic E-state index is 10.7. The van der Waals surface area contributed by atoms with Crippen LogP contribution in [0.4, 0.5) is 0 Å². The highest BCUT2D eigenvalue weighted by atomic mass is 32.1. The summed E-state index contributed by atoms with van der Waals surface area (Å²) < 4.78 is 0. The summed E-state index contributed by atoms with van der Waals surface area (Å²) in [4.78, 5) is 1.28. The summed E-state index contributed by atoms with van der Waals surface area (Å²) in [5.41, 5.74) is 0.648. The molecular formula is C14H22OS. The molecule has 0 radical (unpaired) electrons. The lowest BCUT2D eigenvalue weighted by Gasteiger charge is -2.37. The van der Waals surface area contributed by atoms with Crippen LogP contribution in [0.15, 0.2) is 11.4 Å². The third kappa shape index (κ3) is 2.18. The van der Waals surface area contributed by atoms with Crippen molar-refractivity contribution in [2.24, 2.45) is 11.8 Å². The van der Waals surface area contributed by atoms with Crippen molar-refractivity contribution in [3.63, 3.8) is 0 Å². The van der Waals surface area contributed by atoms with E-state index in [1.165, 1.54) is 23.3 Å². The van der Waals surface area contributed by atoms with E-state index in [0.717, 1.165) is 24.7 Å². The summed E-state index contributed by atoms with van der Waals surface area (Å²) in [5.74, 6) is 1.56. The van der Waals surface area contributed by atoms with Crippen molar-refractivity contribution in [3.8, 4) is 0 Å². The minimum Gasteiger partial charge on any atom is -0.385 e. The number of rotatable bonds is 2. The minimum atomic E-state index is -0.532. The second kappa shape index (κ2) is 4.50. The van der Waals surface area contributed by atoms with E-state index in [1.54, 1.807) is 11.3 Å². The lowest BCUT2D eigenvalue weighted by atomic mass is 9.72. The zero-order chi connectivity index (χ0) is 11.8. The Kier molecular flexibility index (Phi) is 3.41. The van der Waals surface area contributed by atoms with Crippen LogP contribution in [0.1, 0.15) is 50.0 Å². The Morgan fingerprint density at radius 3 is 2.44 bits per heavy atom. The van der Waals surface area contributed by atoms with Crippen LogP contribution in [-0.4, -0.2) is 5.11 Å². The molecular weight excluding hydrogens is 216 g/mol. The molecule has 1 aromatic rings. The first-order valence-electron chi connectivity index (χ1n) is 6.30. The van der Waals surface area contributed by atoms with E-state index in [-0.39, 0.29) is 0 Å². The monoisotopic (exact) mass is 238 g/mol. The van der Waals surface area contributed by atoms with Gasteiger partial charge in [0.2, 0.25) is 0 Å². The molecule has 1 aliphatic rings. The van der Waals surface area contributed by atoms with Crippen LogP contribution in [0, 0.1) is 18.8 Å². The first-order chi connectivity index (χ1) is 7.53. The number of hydrogen-bond acceptors (Lipinski definition) is 2. The van der Waals surface area contributed by atoms with Gasteiger partial charge in [-0.15, -0.1) is 11.3 Å².